The van der Waals surface area contributed by atoms with Gasteiger partial charge in [-0.05, 0) is 31.0 Å². The van der Waals surface area contributed by atoms with E-state index in [1.165, 1.54) is 0 Å². The molecule has 0 aliphatic heterocycles. The van der Waals surface area contributed by atoms with Gasteiger partial charge in [0.2, 0.25) is 0 Å². The highest BCUT2D eigenvalue weighted by Crippen LogP contribution is 2.31. The van der Waals surface area contributed by atoms with Gasteiger partial charge in [-0.1, -0.05) is 34.5 Å². The summed E-state index contributed by atoms with van der Waals surface area (Å²) in [5.41, 5.74) is 3.76. The molecule has 0 spiro atoms. The summed E-state index contributed by atoms with van der Waals surface area (Å²) in [4.78, 5) is 0. The van der Waals surface area contributed by atoms with Crippen molar-refractivity contribution >= 4 is 39.1 Å². The summed E-state index contributed by atoms with van der Waals surface area (Å²) >= 11 is 15.8. The van der Waals surface area contributed by atoms with Crippen molar-refractivity contribution in [1.29, 1.82) is 0 Å². The Hall–Kier alpha value is -0.710. The molecule has 0 saturated carbocycles. The van der Waals surface area contributed by atoms with Crippen LogP contribution in [0.15, 0.2) is 16.6 Å². The van der Waals surface area contributed by atoms with Gasteiger partial charge in [0.25, 0.3) is 0 Å². The molecule has 1 heterocycles. The summed E-state index contributed by atoms with van der Waals surface area (Å²) in [6.45, 7) is 4.40. The van der Waals surface area contributed by atoms with Crippen LogP contribution in [0.3, 0.4) is 0 Å². The van der Waals surface area contributed by atoms with Crippen molar-refractivity contribution < 1.29 is 4.74 Å². The summed E-state index contributed by atoms with van der Waals surface area (Å²) in [5.74, 6) is 1.21. The minimum Gasteiger partial charge on any atom is -0.487 e. The molecule has 1 aromatic carbocycles. The third kappa shape index (κ3) is 3.55. The number of rotatable bonds is 5. The van der Waals surface area contributed by atoms with Crippen LogP contribution in [0, 0.1) is 6.92 Å². The van der Waals surface area contributed by atoms with Crippen LogP contribution in [0.1, 0.15) is 29.4 Å². The molecule has 1 aromatic heterocycles. The van der Waals surface area contributed by atoms with E-state index in [0.29, 0.717) is 17.5 Å². The molecule has 114 valence electrons. The van der Waals surface area contributed by atoms with Crippen molar-refractivity contribution in [2.45, 2.75) is 32.8 Å². The maximum atomic E-state index is 6.34. The number of nitrogens with zero attached hydrogens (tertiary/aromatic N) is 2. The van der Waals surface area contributed by atoms with E-state index in [0.717, 1.165) is 39.2 Å². The predicted octanol–water partition coefficient (Wildman–Crippen LogP) is 5.02. The molecular weight excluding hydrogens is 375 g/mol. The quantitative estimate of drug-likeness (QED) is 0.668. The molecule has 2 rings (SSSR count). The lowest BCUT2D eigenvalue weighted by Gasteiger charge is -2.14. The van der Waals surface area contributed by atoms with Gasteiger partial charge in [0.05, 0.1) is 22.3 Å². The highest BCUT2D eigenvalue weighted by atomic mass is 79.9. The number of aryl methyl sites for hydroxylation is 3. The number of halogens is 3. The fourth-order valence-corrected chi connectivity index (χ4v) is 3.39. The smallest absolute Gasteiger partial charge is 0.131 e. The molecule has 0 amide bonds. The molecule has 21 heavy (non-hydrogen) atoms. The first kappa shape index (κ1) is 16.7. The fourth-order valence-electron chi connectivity index (χ4n) is 2.22. The average Bonchev–Trinajstić information content (AvgIpc) is 2.72. The van der Waals surface area contributed by atoms with Crippen LogP contribution < -0.4 is 4.74 Å². The highest BCUT2D eigenvalue weighted by molar-refractivity contribution is 9.10. The highest BCUT2D eigenvalue weighted by Gasteiger charge is 2.15. The van der Waals surface area contributed by atoms with Crippen LogP contribution in [0.5, 0.6) is 5.75 Å². The third-order valence-electron chi connectivity index (χ3n) is 3.32. The molecule has 0 unspecified atom stereocenters. The zero-order valence-corrected chi connectivity index (χ0v) is 15.3. The van der Waals surface area contributed by atoms with Crippen LogP contribution in [0.25, 0.3) is 0 Å². The van der Waals surface area contributed by atoms with Gasteiger partial charge < -0.3 is 4.74 Å². The Kier molecular flexibility index (Phi) is 5.58. The maximum absolute atomic E-state index is 6.34. The van der Waals surface area contributed by atoms with Crippen LogP contribution in [-0.2, 0) is 26.0 Å². The van der Waals surface area contributed by atoms with Gasteiger partial charge in [0.1, 0.15) is 12.4 Å². The van der Waals surface area contributed by atoms with Crippen molar-refractivity contribution in [2.75, 3.05) is 0 Å². The molecule has 0 fully saturated rings. The van der Waals surface area contributed by atoms with Gasteiger partial charge in [-0.2, -0.15) is 5.10 Å². The lowest BCUT2D eigenvalue weighted by molar-refractivity contribution is 0.290. The molecular formula is C15H17BrCl2N2O. The molecule has 0 aliphatic carbocycles. The SMILES string of the molecule is CCc1nn(C)c(COc2c(C)cc(Br)cc2CCl)c1Cl. The van der Waals surface area contributed by atoms with Crippen molar-refractivity contribution in [2.24, 2.45) is 7.05 Å². The second-order valence-electron chi connectivity index (χ2n) is 4.82. The molecule has 0 N–H and O–H groups in total. The van der Waals surface area contributed by atoms with Crippen LogP contribution in [-0.4, -0.2) is 9.78 Å². The molecule has 2 aromatic rings. The van der Waals surface area contributed by atoms with Crippen LogP contribution >= 0.6 is 39.1 Å². The number of aromatic nitrogens is 2. The zero-order chi connectivity index (χ0) is 15.6. The van der Waals surface area contributed by atoms with Crippen LogP contribution in [0.2, 0.25) is 5.02 Å². The molecule has 0 radical (unpaired) electrons. The van der Waals surface area contributed by atoms with Gasteiger partial charge in [0.15, 0.2) is 0 Å². The molecule has 0 atom stereocenters. The molecule has 3 nitrogen and oxygen atoms in total. The number of hydrogen-bond donors (Lipinski definition) is 0. The van der Waals surface area contributed by atoms with Crippen molar-refractivity contribution in [3.63, 3.8) is 0 Å². The van der Waals surface area contributed by atoms with Gasteiger partial charge in [-0.3, -0.25) is 4.68 Å². The summed E-state index contributed by atoms with van der Waals surface area (Å²) in [6.07, 6.45) is 0.802. The second kappa shape index (κ2) is 7.03. The molecule has 0 aliphatic rings. The minimum absolute atomic E-state index is 0.370. The van der Waals surface area contributed by atoms with E-state index in [2.05, 4.69) is 21.0 Å². The van der Waals surface area contributed by atoms with Gasteiger partial charge >= 0.3 is 0 Å². The monoisotopic (exact) mass is 390 g/mol. The van der Waals surface area contributed by atoms with Crippen molar-refractivity contribution in [3.05, 3.63) is 44.1 Å². The van der Waals surface area contributed by atoms with E-state index in [1.807, 2.05) is 33.0 Å². The first-order valence-corrected chi connectivity index (χ1v) is 8.36. The zero-order valence-electron chi connectivity index (χ0n) is 12.2. The molecule has 0 bridgehead atoms. The number of alkyl halides is 1. The van der Waals surface area contributed by atoms with Crippen molar-refractivity contribution in [3.8, 4) is 5.75 Å². The number of benzene rings is 1. The minimum atomic E-state index is 0.370. The van der Waals surface area contributed by atoms with Gasteiger partial charge in [-0.25, -0.2) is 0 Å². The predicted molar refractivity (Wildman–Crippen MR) is 90.4 cm³/mol. The van der Waals surface area contributed by atoms with E-state index in [9.17, 15) is 0 Å². The Labute approximate surface area is 143 Å². The Morgan fingerprint density at radius 2 is 2.10 bits per heavy atom. The first-order valence-electron chi connectivity index (χ1n) is 6.65. The van der Waals surface area contributed by atoms with E-state index >= 15 is 0 Å². The Morgan fingerprint density at radius 3 is 2.67 bits per heavy atom. The van der Waals surface area contributed by atoms with Crippen LogP contribution in [0.4, 0.5) is 0 Å². The Bertz CT molecular complexity index is 656. The largest absolute Gasteiger partial charge is 0.487 e. The maximum Gasteiger partial charge on any atom is 0.131 e. The van der Waals surface area contributed by atoms with Gasteiger partial charge in [-0.15, -0.1) is 11.6 Å². The third-order valence-corrected chi connectivity index (χ3v) is 4.50. The number of ether oxygens (including phenoxy) is 1. The average molecular weight is 392 g/mol. The summed E-state index contributed by atoms with van der Waals surface area (Å²) < 4.78 is 8.74. The molecule has 6 heteroatoms. The van der Waals surface area contributed by atoms with Gasteiger partial charge in [0, 0.05) is 17.1 Å². The van der Waals surface area contributed by atoms with E-state index < -0.39 is 0 Å². The van der Waals surface area contributed by atoms with E-state index in [4.69, 9.17) is 27.9 Å². The summed E-state index contributed by atoms with van der Waals surface area (Å²) in [6, 6.07) is 3.98. The summed E-state index contributed by atoms with van der Waals surface area (Å²) in [5, 5.41) is 5.07. The lowest BCUT2D eigenvalue weighted by atomic mass is 10.1. The topological polar surface area (TPSA) is 27.1 Å². The van der Waals surface area contributed by atoms with E-state index in [-0.39, 0.29) is 0 Å². The standard InChI is InChI=1S/C15H17BrCl2N2O/c1-4-12-14(18)13(20(3)19-12)8-21-15-9(2)5-11(16)6-10(15)7-17/h5-6H,4,7-8H2,1-3H3. The molecule has 0 saturated heterocycles. The van der Waals surface area contributed by atoms with E-state index in [1.54, 1.807) is 4.68 Å². The second-order valence-corrected chi connectivity index (χ2v) is 6.38. The van der Waals surface area contributed by atoms with Crippen molar-refractivity contribution in [1.82, 2.24) is 9.78 Å². The lowest BCUT2D eigenvalue weighted by Crippen LogP contribution is -2.05. The summed E-state index contributed by atoms with van der Waals surface area (Å²) in [7, 11) is 1.88. The normalized spacial score (nSPS) is 11.0. The Balaban J connectivity index is 2.27. The first-order chi connectivity index (χ1) is 9.97. The fraction of sp³-hybridized carbons (Fsp3) is 0.400. The Morgan fingerprint density at radius 1 is 1.38 bits per heavy atom. The number of hydrogen-bond acceptors (Lipinski definition) is 2.